The molecule has 1 atom stereocenters. The first kappa shape index (κ1) is 11.5. The third-order valence-corrected chi connectivity index (χ3v) is 2.21. The van der Waals surface area contributed by atoms with E-state index in [2.05, 4.69) is 0 Å². The van der Waals surface area contributed by atoms with Gasteiger partial charge in [-0.05, 0) is 18.1 Å². The Kier molecular flexibility index (Phi) is 3.66. The molecule has 0 spiro atoms. The Balaban J connectivity index is 2.90. The summed E-state index contributed by atoms with van der Waals surface area (Å²) >= 11 is 0. The van der Waals surface area contributed by atoms with E-state index in [1.165, 1.54) is 13.2 Å². The number of rotatable bonds is 4. The van der Waals surface area contributed by atoms with E-state index in [1.54, 1.807) is 19.1 Å². The van der Waals surface area contributed by atoms with E-state index in [0.717, 1.165) is 0 Å². The molecule has 1 aromatic carbocycles. The highest BCUT2D eigenvalue weighted by atomic mass is 19.1. The summed E-state index contributed by atoms with van der Waals surface area (Å²) in [5.74, 6) is -1.87. The van der Waals surface area contributed by atoms with Crippen LogP contribution < -0.4 is 4.74 Å². The minimum Gasteiger partial charge on any atom is -0.494 e. The molecule has 0 fully saturated rings. The Bertz CT molecular complexity index is 363. The molecule has 0 unspecified atom stereocenters. The van der Waals surface area contributed by atoms with Crippen molar-refractivity contribution in [3.05, 3.63) is 29.6 Å². The molecule has 4 heteroatoms. The summed E-state index contributed by atoms with van der Waals surface area (Å²) in [6, 6.07) is 4.72. The minimum absolute atomic E-state index is 0.144. The molecule has 1 aromatic rings. The third-order valence-electron chi connectivity index (χ3n) is 2.21. The summed E-state index contributed by atoms with van der Waals surface area (Å²) in [5.41, 5.74) is 0.365. The molecular weight excluding hydrogens is 199 g/mol. The van der Waals surface area contributed by atoms with Crippen LogP contribution in [0.25, 0.3) is 0 Å². The van der Waals surface area contributed by atoms with Gasteiger partial charge in [0.1, 0.15) is 0 Å². The molecule has 0 aromatic heterocycles. The Morgan fingerprint density at radius 2 is 2.27 bits per heavy atom. The third kappa shape index (κ3) is 2.68. The van der Waals surface area contributed by atoms with E-state index in [1.807, 2.05) is 0 Å². The number of hydrogen-bond acceptors (Lipinski definition) is 2. The summed E-state index contributed by atoms with van der Waals surface area (Å²) < 4.78 is 18.4. The second-order valence-corrected chi connectivity index (χ2v) is 3.38. The number of carboxylic acids is 1. The predicted octanol–water partition coefficient (Wildman–Crippen LogP) is 2.10. The predicted molar refractivity (Wildman–Crippen MR) is 53.5 cm³/mol. The minimum atomic E-state index is -0.933. The van der Waals surface area contributed by atoms with Crippen LogP contribution in [0.15, 0.2) is 18.2 Å². The maximum atomic E-state index is 13.6. The van der Waals surface area contributed by atoms with Crippen molar-refractivity contribution in [3.63, 3.8) is 0 Å². The molecule has 0 aliphatic heterocycles. The molecule has 0 bridgehead atoms. The molecule has 0 aliphatic carbocycles. The lowest BCUT2D eigenvalue weighted by atomic mass is 10.0. The summed E-state index contributed by atoms with van der Waals surface area (Å²) in [6.45, 7) is 1.54. The van der Waals surface area contributed by atoms with Gasteiger partial charge in [0.15, 0.2) is 11.6 Å². The van der Waals surface area contributed by atoms with Gasteiger partial charge in [0, 0.05) is 0 Å². The van der Waals surface area contributed by atoms with Crippen molar-refractivity contribution in [3.8, 4) is 5.75 Å². The van der Waals surface area contributed by atoms with Crippen molar-refractivity contribution in [2.24, 2.45) is 5.92 Å². The Hall–Kier alpha value is -1.58. The first-order valence-electron chi connectivity index (χ1n) is 4.60. The molecule has 82 valence electrons. The fraction of sp³-hybridized carbons (Fsp3) is 0.364. The quantitative estimate of drug-likeness (QED) is 0.831. The molecule has 0 saturated carbocycles. The lowest BCUT2D eigenvalue weighted by Crippen LogP contribution is -2.13. The van der Waals surface area contributed by atoms with E-state index in [4.69, 9.17) is 9.84 Å². The van der Waals surface area contributed by atoms with Crippen LogP contribution in [0.1, 0.15) is 12.5 Å². The maximum absolute atomic E-state index is 13.6. The van der Waals surface area contributed by atoms with Crippen LogP contribution in [-0.2, 0) is 11.2 Å². The number of carboxylic acid groups (broad SMARTS) is 1. The second kappa shape index (κ2) is 4.77. The molecule has 0 heterocycles. The number of methoxy groups -OCH3 is 1. The second-order valence-electron chi connectivity index (χ2n) is 3.38. The first-order valence-corrected chi connectivity index (χ1v) is 4.60. The Morgan fingerprint density at radius 3 is 2.80 bits per heavy atom. The lowest BCUT2D eigenvalue weighted by Gasteiger charge is -2.09. The Morgan fingerprint density at radius 1 is 1.60 bits per heavy atom. The van der Waals surface area contributed by atoms with Crippen LogP contribution in [0.3, 0.4) is 0 Å². The highest BCUT2D eigenvalue weighted by Crippen LogP contribution is 2.22. The zero-order valence-corrected chi connectivity index (χ0v) is 8.66. The van der Waals surface area contributed by atoms with Crippen LogP contribution >= 0.6 is 0 Å². The van der Waals surface area contributed by atoms with E-state index in [-0.39, 0.29) is 12.2 Å². The van der Waals surface area contributed by atoms with Crippen LogP contribution in [-0.4, -0.2) is 18.2 Å². The first-order chi connectivity index (χ1) is 7.06. The molecule has 15 heavy (non-hydrogen) atoms. The monoisotopic (exact) mass is 212 g/mol. The summed E-state index contributed by atoms with van der Waals surface area (Å²) in [6.07, 6.45) is 0.165. The van der Waals surface area contributed by atoms with Gasteiger partial charge in [0.25, 0.3) is 0 Å². The molecule has 1 rings (SSSR count). The van der Waals surface area contributed by atoms with Crippen LogP contribution in [0.5, 0.6) is 5.75 Å². The zero-order chi connectivity index (χ0) is 11.4. The number of hydrogen-bond donors (Lipinski definition) is 1. The topological polar surface area (TPSA) is 46.5 Å². The van der Waals surface area contributed by atoms with E-state index < -0.39 is 17.7 Å². The number of aliphatic carboxylic acids is 1. The molecule has 0 saturated heterocycles. The maximum Gasteiger partial charge on any atom is 0.306 e. The van der Waals surface area contributed by atoms with Gasteiger partial charge in [0.05, 0.1) is 13.0 Å². The van der Waals surface area contributed by atoms with Gasteiger partial charge in [-0.2, -0.15) is 0 Å². The summed E-state index contributed by atoms with van der Waals surface area (Å²) in [4.78, 5) is 10.6. The SMILES string of the molecule is COc1cccc(C[C@H](C)C(=O)O)c1F. The fourth-order valence-electron chi connectivity index (χ4n) is 1.29. The Labute approximate surface area is 87.5 Å². The zero-order valence-electron chi connectivity index (χ0n) is 8.66. The van der Waals surface area contributed by atoms with Gasteiger partial charge in [-0.25, -0.2) is 4.39 Å². The van der Waals surface area contributed by atoms with E-state index >= 15 is 0 Å². The van der Waals surface area contributed by atoms with Crippen molar-refractivity contribution in [2.75, 3.05) is 7.11 Å². The van der Waals surface area contributed by atoms with Gasteiger partial charge in [0.2, 0.25) is 0 Å². The summed E-state index contributed by atoms with van der Waals surface area (Å²) in [7, 11) is 1.38. The average Bonchev–Trinajstić information content (AvgIpc) is 2.21. The van der Waals surface area contributed by atoms with Crippen molar-refractivity contribution in [1.29, 1.82) is 0 Å². The average molecular weight is 212 g/mol. The van der Waals surface area contributed by atoms with Crippen LogP contribution in [0.2, 0.25) is 0 Å². The fourth-order valence-corrected chi connectivity index (χ4v) is 1.29. The standard InChI is InChI=1S/C11H13FO3/c1-7(11(13)14)6-8-4-3-5-9(15-2)10(8)12/h3-5,7H,6H2,1-2H3,(H,13,14)/t7-/m0/s1. The van der Waals surface area contributed by atoms with Crippen molar-refractivity contribution in [1.82, 2.24) is 0 Å². The number of ether oxygens (including phenoxy) is 1. The molecule has 1 N–H and O–H groups in total. The normalized spacial score (nSPS) is 12.2. The van der Waals surface area contributed by atoms with Gasteiger partial charge in [-0.1, -0.05) is 19.1 Å². The molecule has 0 radical (unpaired) electrons. The van der Waals surface area contributed by atoms with Gasteiger partial charge in [-0.3, -0.25) is 4.79 Å². The molecule has 0 amide bonds. The van der Waals surface area contributed by atoms with Crippen LogP contribution in [0.4, 0.5) is 4.39 Å². The van der Waals surface area contributed by atoms with Gasteiger partial charge < -0.3 is 9.84 Å². The van der Waals surface area contributed by atoms with E-state index in [0.29, 0.717) is 5.56 Å². The molecule has 0 aliphatic rings. The van der Waals surface area contributed by atoms with Gasteiger partial charge >= 0.3 is 5.97 Å². The lowest BCUT2D eigenvalue weighted by molar-refractivity contribution is -0.141. The smallest absolute Gasteiger partial charge is 0.306 e. The highest BCUT2D eigenvalue weighted by molar-refractivity contribution is 5.69. The van der Waals surface area contributed by atoms with Crippen LogP contribution in [0, 0.1) is 11.7 Å². The van der Waals surface area contributed by atoms with Gasteiger partial charge in [-0.15, -0.1) is 0 Å². The molecular formula is C11H13FO3. The van der Waals surface area contributed by atoms with E-state index in [9.17, 15) is 9.18 Å². The number of halogens is 1. The van der Waals surface area contributed by atoms with Crippen molar-refractivity contribution in [2.45, 2.75) is 13.3 Å². The van der Waals surface area contributed by atoms with Crippen molar-refractivity contribution < 1.29 is 19.0 Å². The summed E-state index contributed by atoms with van der Waals surface area (Å²) in [5, 5.41) is 8.71. The largest absolute Gasteiger partial charge is 0.494 e. The number of benzene rings is 1. The van der Waals surface area contributed by atoms with Crippen molar-refractivity contribution >= 4 is 5.97 Å². The molecule has 3 nitrogen and oxygen atoms in total. The number of carbonyl (C=O) groups is 1. The highest BCUT2D eigenvalue weighted by Gasteiger charge is 2.16.